The van der Waals surface area contributed by atoms with E-state index in [-0.39, 0.29) is 0 Å². The number of hydrogen-bond acceptors (Lipinski definition) is 4. The number of benzene rings is 1. The zero-order valence-electron chi connectivity index (χ0n) is 14.1. The Morgan fingerprint density at radius 3 is 2.61 bits per heavy atom. The molecule has 0 fully saturated rings. The number of rotatable bonds is 10. The number of aryl methyl sites for hydroxylation is 1. The molecule has 0 radical (unpaired) electrons. The van der Waals surface area contributed by atoms with E-state index < -0.39 is 6.10 Å². The Labute approximate surface area is 143 Å². The highest BCUT2D eigenvalue weighted by atomic mass is 32.1. The first-order valence-corrected chi connectivity index (χ1v) is 9.06. The number of nitrogens with zero attached hydrogens (tertiary/aromatic N) is 1. The van der Waals surface area contributed by atoms with E-state index >= 15 is 0 Å². The predicted octanol–water partition coefficient (Wildman–Crippen LogP) is 3.85. The van der Waals surface area contributed by atoms with Crippen LogP contribution < -0.4 is 0 Å². The molecule has 126 valence electrons. The van der Waals surface area contributed by atoms with Crippen LogP contribution in [0.2, 0.25) is 0 Å². The van der Waals surface area contributed by atoms with E-state index in [9.17, 15) is 5.11 Å². The molecular formula is C19H27NO2S. The van der Waals surface area contributed by atoms with Gasteiger partial charge in [-0.15, -0.1) is 11.3 Å². The molecule has 1 aromatic carbocycles. The van der Waals surface area contributed by atoms with Crippen LogP contribution in [-0.2, 0) is 17.9 Å². The summed E-state index contributed by atoms with van der Waals surface area (Å²) in [6.45, 7) is 7.78. The molecule has 0 bridgehead atoms. The van der Waals surface area contributed by atoms with Crippen LogP contribution in [0.4, 0.5) is 0 Å². The van der Waals surface area contributed by atoms with Gasteiger partial charge in [0.25, 0.3) is 0 Å². The first-order chi connectivity index (χ1) is 11.2. The molecule has 1 heterocycles. The first kappa shape index (κ1) is 18.1. The second-order valence-corrected chi connectivity index (χ2v) is 7.27. The Bertz CT molecular complexity index is 556. The van der Waals surface area contributed by atoms with Crippen molar-refractivity contribution in [3.05, 3.63) is 57.8 Å². The molecule has 2 rings (SSSR count). The average Bonchev–Trinajstić information content (AvgIpc) is 2.93. The minimum absolute atomic E-state index is 0.374. The van der Waals surface area contributed by atoms with Crippen molar-refractivity contribution in [2.45, 2.75) is 39.5 Å². The second kappa shape index (κ2) is 9.83. The SMILES string of the molecule is CCCN(Cc1ccc(C)s1)CC(O)COCc1ccccc1. The number of thiophene rings is 1. The maximum atomic E-state index is 10.2. The molecule has 0 saturated carbocycles. The van der Waals surface area contributed by atoms with Gasteiger partial charge in [-0.2, -0.15) is 0 Å². The number of aliphatic hydroxyl groups excluding tert-OH is 1. The molecule has 0 aliphatic carbocycles. The predicted molar refractivity (Wildman–Crippen MR) is 96.7 cm³/mol. The van der Waals surface area contributed by atoms with Gasteiger partial charge >= 0.3 is 0 Å². The number of aliphatic hydroxyl groups is 1. The smallest absolute Gasteiger partial charge is 0.0900 e. The summed E-state index contributed by atoms with van der Waals surface area (Å²) in [7, 11) is 0. The molecule has 0 aliphatic heterocycles. The molecular weight excluding hydrogens is 306 g/mol. The summed E-state index contributed by atoms with van der Waals surface area (Å²) in [6, 6.07) is 14.4. The first-order valence-electron chi connectivity index (χ1n) is 8.24. The summed E-state index contributed by atoms with van der Waals surface area (Å²) >= 11 is 1.83. The van der Waals surface area contributed by atoms with Gasteiger partial charge in [-0.3, -0.25) is 4.90 Å². The largest absolute Gasteiger partial charge is 0.389 e. The summed E-state index contributed by atoms with van der Waals surface area (Å²) in [4.78, 5) is 5.00. The van der Waals surface area contributed by atoms with Gasteiger partial charge in [0, 0.05) is 22.8 Å². The van der Waals surface area contributed by atoms with E-state index in [0.29, 0.717) is 19.8 Å². The van der Waals surface area contributed by atoms with Crippen molar-refractivity contribution >= 4 is 11.3 Å². The molecule has 2 aromatic rings. The Kier molecular flexibility index (Phi) is 7.76. The van der Waals surface area contributed by atoms with Crippen LogP contribution >= 0.6 is 11.3 Å². The number of hydrogen-bond donors (Lipinski definition) is 1. The van der Waals surface area contributed by atoms with E-state index in [0.717, 1.165) is 25.1 Å². The van der Waals surface area contributed by atoms with Crippen LogP contribution in [0.3, 0.4) is 0 Å². The monoisotopic (exact) mass is 333 g/mol. The standard InChI is InChI=1S/C19H27NO2S/c1-3-11-20(13-19-10-9-16(2)23-19)12-18(21)15-22-14-17-7-5-4-6-8-17/h4-10,18,21H,3,11-15H2,1-2H3. The minimum Gasteiger partial charge on any atom is -0.389 e. The summed E-state index contributed by atoms with van der Waals surface area (Å²) in [5.41, 5.74) is 1.14. The quantitative estimate of drug-likeness (QED) is 0.717. The molecule has 1 aromatic heterocycles. The molecule has 1 N–H and O–H groups in total. The third-order valence-corrected chi connectivity index (χ3v) is 4.59. The highest BCUT2D eigenvalue weighted by Gasteiger charge is 2.13. The second-order valence-electron chi connectivity index (χ2n) is 5.90. The zero-order chi connectivity index (χ0) is 16.5. The van der Waals surface area contributed by atoms with Crippen molar-refractivity contribution in [1.29, 1.82) is 0 Å². The van der Waals surface area contributed by atoms with Gasteiger partial charge in [0.15, 0.2) is 0 Å². The fourth-order valence-electron chi connectivity index (χ4n) is 2.58. The van der Waals surface area contributed by atoms with Gasteiger partial charge in [-0.25, -0.2) is 0 Å². The summed E-state index contributed by atoms with van der Waals surface area (Å²) in [5, 5.41) is 10.2. The average molecular weight is 333 g/mol. The Morgan fingerprint density at radius 1 is 1.17 bits per heavy atom. The molecule has 0 saturated heterocycles. The molecule has 3 nitrogen and oxygen atoms in total. The van der Waals surface area contributed by atoms with Crippen molar-refractivity contribution in [2.75, 3.05) is 19.7 Å². The van der Waals surface area contributed by atoms with Gasteiger partial charge in [0.1, 0.15) is 0 Å². The Balaban J connectivity index is 1.74. The van der Waals surface area contributed by atoms with Crippen LogP contribution in [0.15, 0.2) is 42.5 Å². The highest BCUT2D eigenvalue weighted by molar-refractivity contribution is 7.11. The molecule has 23 heavy (non-hydrogen) atoms. The van der Waals surface area contributed by atoms with Crippen LogP contribution in [0, 0.1) is 6.92 Å². The summed E-state index contributed by atoms with van der Waals surface area (Å²) < 4.78 is 5.64. The lowest BCUT2D eigenvalue weighted by Gasteiger charge is -2.24. The van der Waals surface area contributed by atoms with E-state index in [1.54, 1.807) is 0 Å². The maximum Gasteiger partial charge on any atom is 0.0900 e. The molecule has 4 heteroatoms. The van der Waals surface area contributed by atoms with Crippen LogP contribution in [0.1, 0.15) is 28.7 Å². The molecule has 1 unspecified atom stereocenters. The van der Waals surface area contributed by atoms with Crippen LogP contribution in [-0.4, -0.2) is 35.8 Å². The lowest BCUT2D eigenvalue weighted by Crippen LogP contribution is -2.34. The number of ether oxygens (including phenoxy) is 1. The zero-order valence-corrected chi connectivity index (χ0v) is 14.9. The van der Waals surface area contributed by atoms with Crippen molar-refractivity contribution in [2.24, 2.45) is 0 Å². The van der Waals surface area contributed by atoms with Gasteiger partial charge in [-0.05, 0) is 37.6 Å². The van der Waals surface area contributed by atoms with Crippen LogP contribution in [0.25, 0.3) is 0 Å². The van der Waals surface area contributed by atoms with E-state index in [4.69, 9.17) is 4.74 Å². The highest BCUT2D eigenvalue weighted by Crippen LogP contribution is 2.17. The third-order valence-electron chi connectivity index (χ3n) is 3.61. The maximum absolute atomic E-state index is 10.2. The lowest BCUT2D eigenvalue weighted by atomic mass is 10.2. The molecule has 0 spiro atoms. The third kappa shape index (κ3) is 6.83. The van der Waals surface area contributed by atoms with Crippen LogP contribution in [0.5, 0.6) is 0 Å². The molecule has 1 atom stereocenters. The summed E-state index contributed by atoms with van der Waals surface area (Å²) in [5.74, 6) is 0. The van der Waals surface area contributed by atoms with Crippen molar-refractivity contribution in [1.82, 2.24) is 4.90 Å². The summed E-state index contributed by atoms with van der Waals surface area (Å²) in [6.07, 6.45) is 0.633. The van der Waals surface area contributed by atoms with Crippen molar-refractivity contribution in [3.8, 4) is 0 Å². The lowest BCUT2D eigenvalue weighted by molar-refractivity contribution is 0.00871. The van der Waals surface area contributed by atoms with E-state index in [2.05, 4.69) is 30.9 Å². The van der Waals surface area contributed by atoms with Gasteiger partial charge in [0.2, 0.25) is 0 Å². The van der Waals surface area contributed by atoms with E-state index in [1.165, 1.54) is 9.75 Å². The Morgan fingerprint density at radius 2 is 1.96 bits per heavy atom. The molecule has 0 amide bonds. The van der Waals surface area contributed by atoms with Gasteiger partial charge in [-0.1, -0.05) is 37.3 Å². The van der Waals surface area contributed by atoms with Crippen molar-refractivity contribution < 1.29 is 9.84 Å². The van der Waals surface area contributed by atoms with Gasteiger partial charge < -0.3 is 9.84 Å². The topological polar surface area (TPSA) is 32.7 Å². The van der Waals surface area contributed by atoms with Gasteiger partial charge in [0.05, 0.1) is 19.3 Å². The fourth-order valence-corrected chi connectivity index (χ4v) is 3.51. The minimum atomic E-state index is -0.452. The Hall–Kier alpha value is -1.20. The van der Waals surface area contributed by atoms with E-state index in [1.807, 2.05) is 41.7 Å². The normalized spacial score (nSPS) is 12.7. The fraction of sp³-hybridized carbons (Fsp3) is 0.474. The van der Waals surface area contributed by atoms with Crippen molar-refractivity contribution in [3.63, 3.8) is 0 Å². The molecule has 0 aliphatic rings.